The number of carbonyl (C=O) groups is 1. The second-order valence-electron chi connectivity index (χ2n) is 5.71. The van der Waals surface area contributed by atoms with E-state index in [0.717, 1.165) is 24.2 Å². The van der Waals surface area contributed by atoms with Crippen LogP contribution in [0.3, 0.4) is 0 Å². The fourth-order valence-electron chi connectivity index (χ4n) is 2.47. The Hall–Kier alpha value is -1.55. The van der Waals surface area contributed by atoms with E-state index in [1.165, 1.54) is 0 Å². The first kappa shape index (κ1) is 17.5. The van der Waals surface area contributed by atoms with Crippen molar-refractivity contribution in [3.8, 4) is 5.75 Å². The van der Waals surface area contributed by atoms with E-state index in [0.29, 0.717) is 31.3 Å². The Morgan fingerprint density at radius 2 is 2.00 bits per heavy atom. The fraction of sp³-hybridized carbons (Fsp3) is 0.588. The van der Waals surface area contributed by atoms with E-state index >= 15 is 0 Å². The number of methoxy groups -OCH3 is 1. The van der Waals surface area contributed by atoms with Gasteiger partial charge in [0, 0.05) is 18.5 Å². The summed E-state index contributed by atoms with van der Waals surface area (Å²) in [4.78, 5) is 12.0. The van der Waals surface area contributed by atoms with E-state index < -0.39 is 0 Å². The van der Waals surface area contributed by atoms with Gasteiger partial charge in [-0.3, -0.25) is 4.79 Å². The van der Waals surface area contributed by atoms with Gasteiger partial charge in [-0.15, -0.1) is 0 Å². The first-order chi connectivity index (χ1) is 10.1. The standard InChI is InChI=1S/C17H28N2O2/c1-13(2)14(10-11-18)8-9-17(20)19-12-15-6-4-5-7-16(15)21-3/h4-7,13-14H,8-12,18H2,1-3H3,(H,19,20). The molecular formula is C17H28N2O2. The average Bonchev–Trinajstić information content (AvgIpc) is 2.49. The van der Waals surface area contributed by atoms with Crippen LogP contribution >= 0.6 is 0 Å². The smallest absolute Gasteiger partial charge is 0.220 e. The van der Waals surface area contributed by atoms with Crippen LogP contribution < -0.4 is 15.8 Å². The number of nitrogens with two attached hydrogens (primary N) is 1. The fourth-order valence-corrected chi connectivity index (χ4v) is 2.47. The first-order valence-electron chi connectivity index (χ1n) is 7.67. The maximum atomic E-state index is 12.0. The molecule has 1 atom stereocenters. The summed E-state index contributed by atoms with van der Waals surface area (Å²) in [5.41, 5.74) is 6.62. The topological polar surface area (TPSA) is 64.3 Å². The largest absolute Gasteiger partial charge is 0.496 e. The minimum atomic E-state index is 0.0866. The minimum Gasteiger partial charge on any atom is -0.496 e. The number of amides is 1. The van der Waals surface area contributed by atoms with Crippen LogP contribution in [0.1, 0.15) is 38.7 Å². The van der Waals surface area contributed by atoms with Crippen LogP contribution in [0.2, 0.25) is 0 Å². The summed E-state index contributed by atoms with van der Waals surface area (Å²) in [6, 6.07) is 7.73. The van der Waals surface area contributed by atoms with Crippen LogP contribution in [-0.2, 0) is 11.3 Å². The highest BCUT2D eigenvalue weighted by Gasteiger charge is 2.14. The van der Waals surface area contributed by atoms with Crippen LogP contribution in [0.5, 0.6) is 5.75 Å². The van der Waals surface area contributed by atoms with Gasteiger partial charge >= 0.3 is 0 Å². The van der Waals surface area contributed by atoms with Crippen LogP contribution in [0.4, 0.5) is 0 Å². The lowest BCUT2D eigenvalue weighted by atomic mass is 9.88. The molecule has 0 aliphatic rings. The molecule has 0 heterocycles. The van der Waals surface area contributed by atoms with Gasteiger partial charge in [-0.2, -0.15) is 0 Å². The third kappa shape index (κ3) is 6.17. The van der Waals surface area contributed by atoms with Crippen molar-refractivity contribution in [2.24, 2.45) is 17.6 Å². The van der Waals surface area contributed by atoms with Crippen LogP contribution in [0.15, 0.2) is 24.3 Å². The average molecular weight is 292 g/mol. The molecule has 0 aromatic heterocycles. The third-order valence-corrected chi connectivity index (χ3v) is 3.89. The van der Waals surface area contributed by atoms with Crippen molar-refractivity contribution in [1.82, 2.24) is 5.32 Å². The summed E-state index contributed by atoms with van der Waals surface area (Å²) in [5, 5.41) is 2.96. The molecule has 1 rings (SSSR count). The zero-order chi connectivity index (χ0) is 15.7. The van der Waals surface area contributed by atoms with Gasteiger partial charge in [0.1, 0.15) is 5.75 Å². The van der Waals surface area contributed by atoms with Crippen molar-refractivity contribution >= 4 is 5.91 Å². The number of benzene rings is 1. The number of ether oxygens (including phenoxy) is 1. The van der Waals surface area contributed by atoms with Gasteiger partial charge in [0.15, 0.2) is 0 Å². The highest BCUT2D eigenvalue weighted by Crippen LogP contribution is 2.20. The molecule has 0 saturated carbocycles. The Labute approximate surface area is 128 Å². The molecule has 0 aliphatic heterocycles. The predicted molar refractivity (Wildman–Crippen MR) is 86.1 cm³/mol. The van der Waals surface area contributed by atoms with Crippen molar-refractivity contribution in [3.63, 3.8) is 0 Å². The van der Waals surface area contributed by atoms with Crippen molar-refractivity contribution in [3.05, 3.63) is 29.8 Å². The van der Waals surface area contributed by atoms with E-state index in [4.69, 9.17) is 10.5 Å². The highest BCUT2D eigenvalue weighted by molar-refractivity contribution is 5.75. The number of rotatable bonds is 9. The molecule has 1 unspecified atom stereocenters. The highest BCUT2D eigenvalue weighted by atomic mass is 16.5. The van der Waals surface area contributed by atoms with Gasteiger partial charge in [0.05, 0.1) is 7.11 Å². The molecule has 1 aromatic rings. The van der Waals surface area contributed by atoms with Gasteiger partial charge in [-0.05, 0) is 37.3 Å². The molecule has 0 fully saturated rings. The SMILES string of the molecule is COc1ccccc1CNC(=O)CCC(CCN)C(C)C. The van der Waals surface area contributed by atoms with Gasteiger partial charge in [-0.25, -0.2) is 0 Å². The van der Waals surface area contributed by atoms with Crippen molar-refractivity contribution in [2.45, 2.75) is 39.7 Å². The second kappa shape index (κ2) is 9.40. The van der Waals surface area contributed by atoms with Crippen LogP contribution in [0.25, 0.3) is 0 Å². The Morgan fingerprint density at radius 3 is 2.62 bits per heavy atom. The summed E-state index contributed by atoms with van der Waals surface area (Å²) in [6.45, 7) is 5.57. The molecule has 1 amide bonds. The van der Waals surface area contributed by atoms with E-state index in [2.05, 4.69) is 19.2 Å². The molecule has 0 spiro atoms. The maximum absolute atomic E-state index is 12.0. The Bertz CT molecular complexity index is 433. The van der Waals surface area contributed by atoms with Gasteiger partial charge in [-0.1, -0.05) is 32.0 Å². The number of para-hydroxylation sites is 1. The molecule has 1 aromatic carbocycles. The quantitative estimate of drug-likeness (QED) is 0.735. The number of hydrogen-bond donors (Lipinski definition) is 2. The lowest BCUT2D eigenvalue weighted by Gasteiger charge is -2.19. The van der Waals surface area contributed by atoms with E-state index in [9.17, 15) is 4.79 Å². The molecular weight excluding hydrogens is 264 g/mol. The lowest BCUT2D eigenvalue weighted by Crippen LogP contribution is -2.24. The number of nitrogens with one attached hydrogen (secondary N) is 1. The molecule has 4 heteroatoms. The maximum Gasteiger partial charge on any atom is 0.220 e. The summed E-state index contributed by atoms with van der Waals surface area (Å²) >= 11 is 0. The Morgan fingerprint density at radius 1 is 1.29 bits per heavy atom. The molecule has 0 radical (unpaired) electrons. The van der Waals surface area contributed by atoms with E-state index in [1.807, 2.05) is 24.3 Å². The van der Waals surface area contributed by atoms with Gasteiger partial charge in [0.2, 0.25) is 5.91 Å². The summed E-state index contributed by atoms with van der Waals surface area (Å²) in [6.07, 6.45) is 2.43. The third-order valence-electron chi connectivity index (χ3n) is 3.89. The van der Waals surface area contributed by atoms with Gasteiger partial charge < -0.3 is 15.8 Å². The zero-order valence-electron chi connectivity index (χ0n) is 13.4. The lowest BCUT2D eigenvalue weighted by molar-refractivity contribution is -0.121. The van der Waals surface area contributed by atoms with Gasteiger partial charge in [0.25, 0.3) is 0 Å². The predicted octanol–water partition coefficient (Wildman–Crippen LogP) is 2.71. The normalized spacial score (nSPS) is 12.2. The summed E-state index contributed by atoms with van der Waals surface area (Å²) in [5.74, 6) is 1.98. The van der Waals surface area contributed by atoms with Crippen molar-refractivity contribution in [2.75, 3.05) is 13.7 Å². The Balaban J connectivity index is 2.40. The summed E-state index contributed by atoms with van der Waals surface area (Å²) < 4.78 is 5.27. The van der Waals surface area contributed by atoms with Crippen LogP contribution in [-0.4, -0.2) is 19.6 Å². The molecule has 3 N–H and O–H groups in total. The monoisotopic (exact) mass is 292 g/mol. The van der Waals surface area contributed by atoms with Crippen molar-refractivity contribution in [1.29, 1.82) is 0 Å². The zero-order valence-corrected chi connectivity index (χ0v) is 13.4. The van der Waals surface area contributed by atoms with E-state index in [-0.39, 0.29) is 5.91 Å². The van der Waals surface area contributed by atoms with Crippen LogP contribution in [0, 0.1) is 11.8 Å². The minimum absolute atomic E-state index is 0.0866. The molecule has 0 bridgehead atoms. The number of hydrogen-bond acceptors (Lipinski definition) is 3. The summed E-state index contributed by atoms with van der Waals surface area (Å²) in [7, 11) is 1.64. The van der Waals surface area contributed by atoms with E-state index in [1.54, 1.807) is 7.11 Å². The number of carbonyl (C=O) groups excluding carboxylic acids is 1. The molecule has 118 valence electrons. The molecule has 0 saturated heterocycles. The second-order valence-corrected chi connectivity index (χ2v) is 5.71. The molecule has 0 aliphatic carbocycles. The van der Waals surface area contributed by atoms with Crippen molar-refractivity contribution < 1.29 is 9.53 Å². The first-order valence-corrected chi connectivity index (χ1v) is 7.67. The molecule has 21 heavy (non-hydrogen) atoms. The molecule has 4 nitrogen and oxygen atoms in total. The Kier molecular flexibility index (Phi) is 7.83.